The molecule has 114 valence electrons. The molecule has 0 radical (unpaired) electrons. The summed E-state index contributed by atoms with van der Waals surface area (Å²) in [6, 6.07) is 0. The van der Waals surface area contributed by atoms with Crippen LogP contribution in [0.5, 0.6) is 0 Å². The van der Waals surface area contributed by atoms with Gasteiger partial charge in [0.2, 0.25) is 10.0 Å². The molecule has 1 aliphatic carbocycles. The summed E-state index contributed by atoms with van der Waals surface area (Å²) in [6.45, 7) is 7.12. The monoisotopic (exact) mass is 300 g/mol. The first-order chi connectivity index (χ1) is 9.29. The van der Waals surface area contributed by atoms with Crippen LogP contribution in [0.2, 0.25) is 0 Å². The molecule has 7 heteroatoms. The Labute approximate surface area is 121 Å². The second-order valence-corrected chi connectivity index (χ2v) is 7.47. The van der Waals surface area contributed by atoms with E-state index < -0.39 is 10.0 Å². The van der Waals surface area contributed by atoms with Gasteiger partial charge in [-0.15, -0.1) is 0 Å². The van der Waals surface area contributed by atoms with E-state index in [1.165, 1.54) is 0 Å². The van der Waals surface area contributed by atoms with E-state index in [4.69, 9.17) is 0 Å². The highest BCUT2D eigenvalue weighted by Crippen LogP contribution is 2.36. The van der Waals surface area contributed by atoms with Gasteiger partial charge in [0.1, 0.15) is 4.90 Å². The van der Waals surface area contributed by atoms with E-state index in [2.05, 4.69) is 15.1 Å². The summed E-state index contributed by atoms with van der Waals surface area (Å²) in [6.07, 6.45) is 2.73. The minimum Gasteiger partial charge on any atom is -0.320 e. The van der Waals surface area contributed by atoms with Crippen LogP contribution in [0.25, 0.3) is 0 Å². The maximum atomic E-state index is 12.5. The Balaban J connectivity index is 2.23. The largest absolute Gasteiger partial charge is 0.320 e. The van der Waals surface area contributed by atoms with Gasteiger partial charge in [0.25, 0.3) is 0 Å². The van der Waals surface area contributed by atoms with Crippen LogP contribution in [0.4, 0.5) is 0 Å². The number of aryl methyl sites for hydroxylation is 2. The molecule has 1 fully saturated rings. The highest BCUT2D eigenvalue weighted by atomic mass is 32.2. The lowest BCUT2D eigenvalue weighted by molar-refractivity contribution is 0.543. The first-order valence-corrected chi connectivity index (χ1v) is 8.50. The Kier molecular flexibility index (Phi) is 4.22. The van der Waals surface area contributed by atoms with Crippen LogP contribution in [0.3, 0.4) is 0 Å². The third kappa shape index (κ3) is 3.21. The van der Waals surface area contributed by atoms with E-state index in [0.29, 0.717) is 10.6 Å². The molecule has 0 unspecified atom stereocenters. The zero-order valence-corrected chi connectivity index (χ0v) is 13.5. The van der Waals surface area contributed by atoms with Crippen LogP contribution in [-0.2, 0) is 16.6 Å². The molecule has 0 saturated heterocycles. The van der Waals surface area contributed by atoms with E-state index in [-0.39, 0.29) is 5.54 Å². The lowest BCUT2D eigenvalue weighted by Gasteiger charge is -2.12. The van der Waals surface area contributed by atoms with Gasteiger partial charge in [-0.25, -0.2) is 13.1 Å². The smallest absolute Gasteiger partial charge is 0.244 e. The predicted molar refractivity (Wildman–Crippen MR) is 78.2 cm³/mol. The van der Waals surface area contributed by atoms with Crippen molar-refractivity contribution in [2.75, 3.05) is 13.6 Å². The standard InChI is InChI=1S/C13H24N4O2S/c1-10-12(20(18,19)16-13(3)6-7-13)11(2)17(15-10)9-5-8-14-4/h14,16H,5-9H2,1-4H3. The van der Waals surface area contributed by atoms with E-state index in [9.17, 15) is 8.42 Å². The molecule has 0 bridgehead atoms. The van der Waals surface area contributed by atoms with Gasteiger partial charge < -0.3 is 5.32 Å². The number of nitrogens with one attached hydrogen (secondary N) is 2. The fourth-order valence-corrected chi connectivity index (χ4v) is 4.24. The predicted octanol–water partition coefficient (Wildman–Crippen LogP) is 0.940. The van der Waals surface area contributed by atoms with Crippen LogP contribution in [0, 0.1) is 13.8 Å². The third-order valence-corrected chi connectivity index (χ3v) is 5.65. The molecule has 1 aromatic heterocycles. The molecule has 0 spiro atoms. The first kappa shape index (κ1) is 15.5. The molecule has 1 aliphatic rings. The summed E-state index contributed by atoms with van der Waals surface area (Å²) in [4.78, 5) is 0.343. The molecule has 1 aromatic rings. The van der Waals surface area contributed by atoms with Crippen molar-refractivity contribution in [2.45, 2.75) is 57.0 Å². The van der Waals surface area contributed by atoms with Crippen LogP contribution >= 0.6 is 0 Å². The normalized spacial score (nSPS) is 17.4. The Hall–Kier alpha value is -0.920. The number of sulfonamides is 1. The summed E-state index contributed by atoms with van der Waals surface area (Å²) in [7, 11) is -1.58. The highest BCUT2D eigenvalue weighted by Gasteiger charge is 2.42. The molecule has 2 rings (SSSR count). The number of hydrogen-bond donors (Lipinski definition) is 2. The lowest BCUT2D eigenvalue weighted by atomic mass is 10.4. The van der Waals surface area contributed by atoms with Gasteiger partial charge in [-0.1, -0.05) is 0 Å². The minimum atomic E-state index is -3.48. The van der Waals surface area contributed by atoms with Crippen molar-refractivity contribution in [2.24, 2.45) is 0 Å². The second-order valence-electron chi connectivity index (χ2n) is 5.85. The van der Waals surface area contributed by atoms with Crippen molar-refractivity contribution in [3.63, 3.8) is 0 Å². The molecule has 0 amide bonds. The van der Waals surface area contributed by atoms with E-state index in [1.807, 2.05) is 20.9 Å². The summed E-state index contributed by atoms with van der Waals surface area (Å²) >= 11 is 0. The zero-order valence-electron chi connectivity index (χ0n) is 12.7. The van der Waals surface area contributed by atoms with Crippen LogP contribution in [-0.4, -0.2) is 37.3 Å². The van der Waals surface area contributed by atoms with E-state index in [1.54, 1.807) is 11.6 Å². The fraction of sp³-hybridized carbons (Fsp3) is 0.769. The van der Waals surface area contributed by atoms with Crippen molar-refractivity contribution in [3.8, 4) is 0 Å². The van der Waals surface area contributed by atoms with Gasteiger partial charge in [0.15, 0.2) is 0 Å². The summed E-state index contributed by atoms with van der Waals surface area (Å²) in [5, 5.41) is 7.45. The molecule has 1 saturated carbocycles. The van der Waals surface area contributed by atoms with Crippen LogP contribution in [0.15, 0.2) is 4.90 Å². The van der Waals surface area contributed by atoms with Crippen molar-refractivity contribution >= 4 is 10.0 Å². The highest BCUT2D eigenvalue weighted by molar-refractivity contribution is 7.89. The molecule has 2 N–H and O–H groups in total. The zero-order chi connectivity index (χ0) is 15.0. The molecular weight excluding hydrogens is 276 g/mol. The molecule has 1 heterocycles. The number of rotatable bonds is 7. The van der Waals surface area contributed by atoms with Crippen molar-refractivity contribution in [1.82, 2.24) is 19.8 Å². The van der Waals surface area contributed by atoms with E-state index >= 15 is 0 Å². The van der Waals surface area contributed by atoms with Crippen LogP contribution < -0.4 is 10.0 Å². The molecule has 0 aliphatic heterocycles. The fourth-order valence-electron chi connectivity index (χ4n) is 2.36. The van der Waals surface area contributed by atoms with Gasteiger partial charge in [0.05, 0.1) is 11.4 Å². The third-order valence-electron chi connectivity index (χ3n) is 3.76. The minimum absolute atomic E-state index is 0.258. The molecular formula is C13H24N4O2S. The summed E-state index contributed by atoms with van der Waals surface area (Å²) in [5.41, 5.74) is 1.03. The van der Waals surface area contributed by atoms with Gasteiger partial charge in [0, 0.05) is 12.1 Å². The summed E-state index contributed by atoms with van der Waals surface area (Å²) < 4.78 is 29.6. The topological polar surface area (TPSA) is 76.0 Å². The van der Waals surface area contributed by atoms with Gasteiger partial charge in [-0.3, -0.25) is 4.68 Å². The van der Waals surface area contributed by atoms with E-state index in [0.717, 1.165) is 38.0 Å². The Morgan fingerprint density at radius 1 is 1.35 bits per heavy atom. The number of nitrogens with zero attached hydrogens (tertiary/aromatic N) is 2. The average Bonchev–Trinajstić information content (AvgIpc) is 2.95. The van der Waals surface area contributed by atoms with Crippen molar-refractivity contribution in [1.29, 1.82) is 0 Å². The molecule has 0 atom stereocenters. The molecule has 20 heavy (non-hydrogen) atoms. The SMILES string of the molecule is CNCCCn1nc(C)c(S(=O)(=O)NC2(C)CC2)c1C. The maximum absolute atomic E-state index is 12.5. The number of aromatic nitrogens is 2. The molecule has 0 aromatic carbocycles. The van der Waals surface area contributed by atoms with Crippen LogP contribution in [0.1, 0.15) is 37.6 Å². The Morgan fingerprint density at radius 2 is 2.00 bits per heavy atom. The quantitative estimate of drug-likeness (QED) is 0.735. The van der Waals surface area contributed by atoms with Gasteiger partial charge in [-0.2, -0.15) is 5.10 Å². The maximum Gasteiger partial charge on any atom is 0.244 e. The second kappa shape index (κ2) is 5.46. The Bertz CT molecular complexity index is 588. The lowest BCUT2D eigenvalue weighted by Crippen LogP contribution is -2.34. The molecule has 6 nitrogen and oxygen atoms in total. The van der Waals surface area contributed by atoms with Crippen molar-refractivity contribution < 1.29 is 8.42 Å². The van der Waals surface area contributed by atoms with Gasteiger partial charge in [-0.05, 0) is 53.6 Å². The average molecular weight is 300 g/mol. The number of hydrogen-bond acceptors (Lipinski definition) is 4. The summed E-state index contributed by atoms with van der Waals surface area (Å²) in [5.74, 6) is 0. The first-order valence-electron chi connectivity index (χ1n) is 7.02. The van der Waals surface area contributed by atoms with Gasteiger partial charge >= 0.3 is 0 Å². The Morgan fingerprint density at radius 3 is 2.55 bits per heavy atom. The van der Waals surface area contributed by atoms with Crippen molar-refractivity contribution in [3.05, 3.63) is 11.4 Å².